The fourth-order valence-corrected chi connectivity index (χ4v) is 3.37. The minimum Gasteiger partial charge on any atom is -0.490 e. The number of aliphatic hydroxyl groups is 1. The summed E-state index contributed by atoms with van der Waals surface area (Å²) >= 11 is 0. The highest BCUT2D eigenvalue weighted by Gasteiger charge is 2.19. The van der Waals surface area contributed by atoms with Crippen LogP contribution >= 0.6 is 0 Å². The van der Waals surface area contributed by atoms with Crippen molar-refractivity contribution in [3.63, 3.8) is 0 Å². The standard InChI is InChI=1S/C20H28N2O2/c1-2-10-21-11-13-22(14-12-21)15-18(23)16-24-20-9-5-7-17-6-3-4-8-19(17)20/h3-9,18,23H,2,10-16H2,1H3. The van der Waals surface area contributed by atoms with Gasteiger partial charge in [0.2, 0.25) is 0 Å². The van der Waals surface area contributed by atoms with E-state index >= 15 is 0 Å². The van der Waals surface area contributed by atoms with Crippen LogP contribution in [0, 0.1) is 0 Å². The van der Waals surface area contributed by atoms with Crippen LogP contribution in [0.3, 0.4) is 0 Å². The molecule has 1 aliphatic heterocycles. The Kier molecular flexibility index (Phi) is 6.07. The maximum absolute atomic E-state index is 10.3. The van der Waals surface area contributed by atoms with E-state index in [1.54, 1.807) is 0 Å². The van der Waals surface area contributed by atoms with Crippen LogP contribution in [0.2, 0.25) is 0 Å². The zero-order valence-electron chi connectivity index (χ0n) is 14.5. The molecular weight excluding hydrogens is 300 g/mol. The summed E-state index contributed by atoms with van der Waals surface area (Å²) in [5.41, 5.74) is 0. The molecule has 2 aromatic carbocycles. The number of nitrogens with zero attached hydrogens (tertiary/aromatic N) is 2. The Balaban J connectivity index is 1.48. The molecule has 1 heterocycles. The molecular formula is C20H28N2O2. The molecule has 0 aromatic heterocycles. The number of rotatable bonds is 7. The second kappa shape index (κ2) is 8.47. The van der Waals surface area contributed by atoms with Gasteiger partial charge in [-0.1, -0.05) is 43.3 Å². The zero-order chi connectivity index (χ0) is 16.8. The number of hydrogen-bond donors (Lipinski definition) is 1. The number of benzene rings is 2. The van der Waals surface area contributed by atoms with Crippen molar-refractivity contribution in [2.75, 3.05) is 45.9 Å². The van der Waals surface area contributed by atoms with Gasteiger partial charge >= 0.3 is 0 Å². The lowest BCUT2D eigenvalue weighted by Crippen LogP contribution is -2.49. The average Bonchev–Trinajstić information content (AvgIpc) is 2.62. The lowest BCUT2D eigenvalue weighted by atomic mass is 10.1. The van der Waals surface area contributed by atoms with Crippen LogP contribution in [0.4, 0.5) is 0 Å². The van der Waals surface area contributed by atoms with E-state index in [1.807, 2.05) is 24.3 Å². The monoisotopic (exact) mass is 328 g/mol. The van der Waals surface area contributed by atoms with Crippen molar-refractivity contribution in [1.82, 2.24) is 9.80 Å². The van der Waals surface area contributed by atoms with Crippen molar-refractivity contribution in [3.05, 3.63) is 42.5 Å². The molecule has 0 bridgehead atoms. The normalized spacial score (nSPS) is 17.9. The number of hydrogen-bond acceptors (Lipinski definition) is 4. The summed E-state index contributed by atoms with van der Waals surface area (Å²) < 4.78 is 5.90. The Morgan fingerprint density at radius 2 is 1.71 bits per heavy atom. The van der Waals surface area contributed by atoms with Crippen molar-refractivity contribution < 1.29 is 9.84 Å². The molecule has 24 heavy (non-hydrogen) atoms. The van der Waals surface area contributed by atoms with E-state index in [-0.39, 0.29) is 0 Å². The predicted molar refractivity (Wildman–Crippen MR) is 98.6 cm³/mol. The molecule has 1 fully saturated rings. The van der Waals surface area contributed by atoms with Crippen molar-refractivity contribution in [3.8, 4) is 5.75 Å². The maximum Gasteiger partial charge on any atom is 0.127 e. The first-order valence-electron chi connectivity index (χ1n) is 8.99. The van der Waals surface area contributed by atoms with Crippen molar-refractivity contribution in [2.24, 2.45) is 0 Å². The molecule has 130 valence electrons. The average molecular weight is 328 g/mol. The van der Waals surface area contributed by atoms with E-state index in [9.17, 15) is 5.11 Å². The van der Waals surface area contributed by atoms with E-state index in [2.05, 4.69) is 34.9 Å². The van der Waals surface area contributed by atoms with Crippen LogP contribution in [-0.4, -0.2) is 66.9 Å². The molecule has 4 heteroatoms. The third-order valence-electron chi connectivity index (χ3n) is 4.65. The van der Waals surface area contributed by atoms with E-state index in [1.165, 1.54) is 13.0 Å². The molecule has 0 radical (unpaired) electrons. The van der Waals surface area contributed by atoms with Gasteiger partial charge in [-0.05, 0) is 24.4 Å². The largest absolute Gasteiger partial charge is 0.490 e. The highest BCUT2D eigenvalue weighted by atomic mass is 16.5. The molecule has 0 saturated carbocycles. The predicted octanol–water partition coefficient (Wildman–Crippen LogP) is 2.61. The Morgan fingerprint density at radius 1 is 1.00 bits per heavy atom. The lowest BCUT2D eigenvalue weighted by molar-refractivity contribution is 0.0465. The fourth-order valence-electron chi connectivity index (χ4n) is 3.37. The molecule has 3 rings (SSSR count). The molecule has 0 amide bonds. The Morgan fingerprint density at radius 3 is 2.50 bits per heavy atom. The Hall–Kier alpha value is -1.62. The van der Waals surface area contributed by atoms with E-state index in [4.69, 9.17) is 4.74 Å². The van der Waals surface area contributed by atoms with Gasteiger partial charge in [0.15, 0.2) is 0 Å². The highest BCUT2D eigenvalue weighted by Crippen LogP contribution is 2.25. The van der Waals surface area contributed by atoms with Crippen molar-refractivity contribution in [2.45, 2.75) is 19.4 Å². The molecule has 1 N–H and O–H groups in total. The summed E-state index contributed by atoms with van der Waals surface area (Å²) in [4.78, 5) is 4.83. The Labute approximate surface area is 144 Å². The van der Waals surface area contributed by atoms with Gasteiger partial charge in [0.05, 0.1) is 0 Å². The van der Waals surface area contributed by atoms with Gasteiger partial charge in [-0.3, -0.25) is 4.90 Å². The second-order valence-electron chi connectivity index (χ2n) is 6.58. The number of fused-ring (bicyclic) bond motifs is 1. The molecule has 1 atom stereocenters. The van der Waals surface area contributed by atoms with Gasteiger partial charge < -0.3 is 14.7 Å². The van der Waals surface area contributed by atoms with Gasteiger partial charge in [0.25, 0.3) is 0 Å². The van der Waals surface area contributed by atoms with Crippen LogP contribution in [0.1, 0.15) is 13.3 Å². The minimum atomic E-state index is -0.457. The summed E-state index contributed by atoms with van der Waals surface area (Å²) in [5, 5.41) is 12.6. The summed E-state index contributed by atoms with van der Waals surface area (Å²) in [6, 6.07) is 14.2. The van der Waals surface area contributed by atoms with Crippen LogP contribution < -0.4 is 4.74 Å². The smallest absolute Gasteiger partial charge is 0.127 e. The zero-order valence-corrected chi connectivity index (χ0v) is 14.5. The van der Waals surface area contributed by atoms with Gasteiger partial charge in [-0.25, -0.2) is 0 Å². The fraction of sp³-hybridized carbons (Fsp3) is 0.500. The van der Waals surface area contributed by atoms with E-state index in [0.717, 1.165) is 42.7 Å². The molecule has 4 nitrogen and oxygen atoms in total. The summed E-state index contributed by atoms with van der Waals surface area (Å²) in [5.74, 6) is 0.847. The van der Waals surface area contributed by atoms with Gasteiger partial charge in [0, 0.05) is 38.1 Å². The molecule has 1 unspecified atom stereocenters. The SMILES string of the molecule is CCCN1CCN(CC(O)COc2cccc3ccccc23)CC1. The summed E-state index contributed by atoms with van der Waals surface area (Å²) in [6.45, 7) is 8.70. The van der Waals surface area contributed by atoms with Crippen LogP contribution in [0.25, 0.3) is 10.8 Å². The van der Waals surface area contributed by atoms with E-state index < -0.39 is 6.10 Å². The lowest BCUT2D eigenvalue weighted by Gasteiger charge is -2.35. The van der Waals surface area contributed by atoms with Gasteiger partial charge in [0.1, 0.15) is 18.5 Å². The molecule has 1 saturated heterocycles. The summed E-state index contributed by atoms with van der Waals surface area (Å²) in [7, 11) is 0. The van der Waals surface area contributed by atoms with Gasteiger partial charge in [-0.15, -0.1) is 0 Å². The first-order valence-corrected chi connectivity index (χ1v) is 8.99. The van der Waals surface area contributed by atoms with Crippen LogP contribution in [0.15, 0.2) is 42.5 Å². The van der Waals surface area contributed by atoms with Crippen molar-refractivity contribution >= 4 is 10.8 Å². The van der Waals surface area contributed by atoms with Crippen molar-refractivity contribution in [1.29, 1.82) is 0 Å². The number of aliphatic hydroxyl groups excluding tert-OH is 1. The highest BCUT2D eigenvalue weighted by molar-refractivity contribution is 5.88. The number of β-amino-alcohol motifs (C(OH)–C–C–N with tert-alkyl or cyclic N) is 1. The third kappa shape index (κ3) is 4.47. The summed E-state index contributed by atoms with van der Waals surface area (Å²) in [6.07, 6.45) is 0.753. The molecule has 0 spiro atoms. The van der Waals surface area contributed by atoms with Crippen LogP contribution in [0.5, 0.6) is 5.75 Å². The second-order valence-corrected chi connectivity index (χ2v) is 6.58. The van der Waals surface area contributed by atoms with Gasteiger partial charge in [-0.2, -0.15) is 0 Å². The number of ether oxygens (including phenoxy) is 1. The van der Waals surface area contributed by atoms with E-state index in [0.29, 0.717) is 13.2 Å². The first-order chi connectivity index (χ1) is 11.8. The number of piperazine rings is 1. The first kappa shape index (κ1) is 17.2. The van der Waals surface area contributed by atoms with Crippen LogP contribution in [-0.2, 0) is 0 Å². The third-order valence-corrected chi connectivity index (χ3v) is 4.65. The maximum atomic E-state index is 10.3. The minimum absolute atomic E-state index is 0.336. The molecule has 2 aromatic rings. The quantitative estimate of drug-likeness (QED) is 0.847. The molecule has 1 aliphatic rings. The topological polar surface area (TPSA) is 35.9 Å². The molecule has 0 aliphatic carbocycles. The Bertz CT molecular complexity index is 633.